The first-order chi connectivity index (χ1) is 23.7. The Morgan fingerprint density at radius 2 is 1.16 bits per heavy atom. The molecule has 50 heavy (non-hydrogen) atoms. The summed E-state index contributed by atoms with van der Waals surface area (Å²) in [5, 5.41) is 91.1. The monoisotopic (exact) mass is 693 g/mol. The summed E-state index contributed by atoms with van der Waals surface area (Å²) in [4.78, 5) is 14.6. The van der Waals surface area contributed by atoms with Crippen LogP contribution in [0.25, 0.3) is 11.1 Å². The Hall–Kier alpha value is -3.41. The van der Waals surface area contributed by atoms with Crippen molar-refractivity contribution in [1.29, 1.82) is 0 Å². The molecule has 10 atom stereocenters. The van der Waals surface area contributed by atoms with E-state index in [2.05, 4.69) is 23.7 Å². The topological polar surface area (TPSA) is 221 Å². The van der Waals surface area contributed by atoms with Crippen LogP contribution in [-0.4, -0.2) is 150 Å². The van der Waals surface area contributed by atoms with Gasteiger partial charge in [-0.1, -0.05) is 35.8 Å². The Bertz CT molecular complexity index is 1620. The molecule has 0 radical (unpaired) electrons. The molecule has 3 heterocycles. The minimum absolute atomic E-state index is 0.364. The van der Waals surface area contributed by atoms with Gasteiger partial charge in [0.1, 0.15) is 66.6 Å². The van der Waals surface area contributed by atoms with Crippen molar-refractivity contribution in [1.82, 2.24) is 4.90 Å². The summed E-state index contributed by atoms with van der Waals surface area (Å²) in [6.07, 6.45) is -12.5. The van der Waals surface area contributed by atoms with Crippen LogP contribution >= 0.6 is 0 Å². The van der Waals surface area contributed by atoms with Crippen LogP contribution in [0.5, 0.6) is 0 Å². The highest BCUT2D eigenvalue weighted by Gasteiger charge is 2.48. The number of piperidine rings is 1. The van der Waals surface area contributed by atoms with Crippen molar-refractivity contribution in [3.63, 3.8) is 0 Å². The average Bonchev–Trinajstić information content (AvgIpc) is 3.36. The molecule has 0 aromatic heterocycles. The average molecular weight is 694 g/mol. The molecule has 10 unspecified atom stereocenters. The Labute approximate surface area is 289 Å². The molecule has 1 spiro atoms. The van der Waals surface area contributed by atoms with Gasteiger partial charge in [-0.05, 0) is 73.2 Å². The molecule has 6 rings (SSSR count). The molecule has 4 aliphatic rings. The van der Waals surface area contributed by atoms with E-state index in [9.17, 15) is 50.8 Å². The zero-order valence-corrected chi connectivity index (χ0v) is 27.7. The van der Waals surface area contributed by atoms with E-state index in [-0.39, 0.29) is 5.91 Å². The molecule has 13 heteroatoms. The lowest BCUT2D eigenvalue weighted by atomic mass is 9.70. The van der Waals surface area contributed by atoms with Gasteiger partial charge < -0.3 is 60.3 Å². The summed E-state index contributed by atoms with van der Waals surface area (Å²) in [6.45, 7) is 2.52. The second-order valence-corrected chi connectivity index (χ2v) is 14.0. The molecule has 1 aliphatic carbocycles. The standard InChI is InChI=1S/C37H43NO12/c1-36(2,48)35(47)38-13-11-37(12-14-38)23-15-19(5-9-25-29(41)33(45)31(43)27(17-39)49-25)3-7-21(23)22-8-4-20(16-24(22)37)6-10-26-30(42)34(46)32(44)28(18-40)50-26/h3-4,7-8,15-16,25-34,39-46,48H,11-14,17-18H2,1-2H3. The van der Waals surface area contributed by atoms with Gasteiger partial charge >= 0.3 is 0 Å². The van der Waals surface area contributed by atoms with E-state index < -0.39 is 85.3 Å². The van der Waals surface area contributed by atoms with Crippen molar-refractivity contribution in [2.24, 2.45) is 0 Å². The molecular formula is C37H43NO12. The van der Waals surface area contributed by atoms with E-state index in [4.69, 9.17) is 9.47 Å². The van der Waals surface area contributed by atoms with Crippen molar-refractivity contribution in [2.75, 3.05) is 26.3 Å². The summed E-state index contributed by atoms with van der Waals surface area (Å²) < 4.78 is 11.1. The highest BCUT2D eigenvalue weighted by Crippen LogP contribution is 2.54. The largest absolute Gasteiger partial charge is 0.394 e. The number of hydrogen-bond donors (Lipinski definition) is 9. The number of nitrogens with zero attached hydrogens (tertiary/aromatic N) is 1. The molecular weight excluding hydrogens is 650 g/mol. The third-order valence-corrected chi connectivity index (χ3v) is 10.3. The zero-order valence-electron chi connectivity index (χ0n) is 27.7. The van der Waals surface area contributed by atoms with E-state index in [1.807, 2.05) is 36.4 Å². The van der Waals surface area contributed by atoms with E-state index in [1.54, 1.807) is 4.90 Å². The fraction of sp³-hybridized carbons (Fsp3) is 0.541. The quantitative estimate of drug-likeness (QED) is 0.156. The second-order valence-electron chi connectivity index (χ2n) is 14.0. The summed E-state index contributed by atoms with van der Waals surface area (Å²) in [5.74, 6) is 11.3. The number of fused-ring (bicyclic) bond motifs is 5. The summed E-state index contributed by atoms with van der Waals surface area (Å²) in [5.41, 5.74) is 2.89. The first-order valence-electron chi connectivity index (χ1n) is 16.7. The fourth-order valence-corrected chi connectivity index (χ4v) is 7.42. The molecule has 2 aromatic rings. The third-order valence-electron chi connectivity index (χ3n) is 10.3. The van der Waals surface area contributed by atoms with Crippen molar-refractivity contribution >= 4 is 5.91 Å². The van der Waals surface area contributed by atoms with Gasteiger partial charge in [-0.25, -0.2) is 0 Å². The maximum Gasteiger partial charge on any atom is 0.253 e. The summed E-state index contributed by atoms with van der Waals surface area (Å²) in [7, 11) is 0. The SMILES string of the molecule is CC(C)(O)C(=O)N1CCC2(CC1)c1cc(C#CC3OC(CO)C(O)C(O)C3O)ccc1-c1ccc(C#CC3OC(CO)C(O)C(O)C3O)cc12. The van der Waals surface area contributed by atoms with Gasteiger partial charge in [-0.2, -0.15) is 0 Å². The zero-order chi connectivity index (χ0) is 36.1. The predicted octanol–water partition coefficient (Wildman–Crippen LogP) is -2.27. The van der Waals surface area contributed by atoms with Crippen molar-refractivity contribution in [3.05, 3.63) is 58.7 Å². The molecule has 3 aliphatic heterocycles. The Morgan fingerprint density at radius 1 is 0.740 bits per heavy atom. The van der Waals surface area contributed by atoms with E-state index in [1.165, 1.54) is 13.8 Å². The van der Waals surface area contributed by atoms with E-state index in [0.717, 1.165) is 22.3 Å². The van der Waals surface area contributed by atoms with Crippen LogP contribution in [0.15, 0.2) is 36.4 Å². The van der Waals surface area contributed by atoms with Crippen LogP contribution < -0.4 is 0 Å². The fourth-order valence-electron chi connectivity index (χ4n) is 7.42. The molecule has 2 aromatic carbocycles. The Kier molecular flexibility index (Phi) is 10.2. The minimum atomic E-state index is -1.55. The number of ether oxygens (including phenoxy) is 2. The van der Waals surface area contributed by atoms with Crippen LogP contribution in [0.4, 0.5) is 0 Å². The van der Waals surface area contributed by atoms with Crippen LogP contribution in [0.2, 0.25) is 0 Å². The maximum atomic E-state index is 13.0. The number of rotatable bonds is 3. The number of likely N-dealkylation sites (tertiary alicyclic amines) is 1. The van der Waals surface area contributed by atoms with Gasteiger partial charge in [0.25, 0.3) is 5.91 Å². The van der Waals surface area contributed by atoms with Gasteiger partial charge in [0, 0.05) is 29.6 Å². The van der Waals surface area contributed by atoms with Gasteiger partial charge in [0.2, 0.25) is 0 Å². The Balaban J connectivity index is 1.35. The summed E-state index contributed by atoms with van der Waals surface area (Å²) in [6, 6.07) is 11.4. The highest BCUT2D eigenvalue weighted by atomic mass is 16.5. The molecule has 9 N–H and O–H groups in total. The van der Waals surface area contributed by atoms with Gasteiger partial charge in [-0.3, -0.25) is 4.79 Å². The number of aliphatic hydroxyl groups is 9. The van der Waals surface area contributed by atoms with Crippen LogP contribution in [0.1, 0.15) is 48.9 Å². The molecule has 3 fully saturated rings. The number of hydrogen-bond acceptors (Lipinski definition) is 12. The van der Waals surface area contributed by atoms with Crippen LogP contribution in [-0.2, 0) is 19.7 Å². The van der Waals surface area contributed by atoms with Crippen LogP contribution in [0.3, 0.4) is 0 Å². The van der Waals surface area contributed by atoms with Gasteiger partial charge in [-0.15, -0.1) is 0 Å². The van der Waals surface area contributed by atoms with Crippen molar-refractivity contribution < 1.29 is 60.2 Å². The maximum absolute atomic E-state index is 13.0. The van der Waals surface area contributed by atoms with Crippen molar-refractivity contribution in [2.45, 2.75) is 98.7 Å². The molecule has 1 amide bonds. The molecule has 0 bridgehead atoms. The lowest BCUT2D eigenvalue weighted by Gasteiger charge is -2.42. The number of amides is 1. The lowest BCUT2D eigenvalue weighted by Crippen LogP contribution is -2.58. The third kappa shape index (κ3) is 6.45. The summed E-state index contributed by atoms with van der Waals surface area (Å²) >= 11 is 0. The van der Waals surface area contributed by atoms with Crippen LogP contribution in [0, 0.1) is 23.7 Å². The lowest BCUT2D eigenvalue weighted by molar-refractivity contribution is -0.214. The number of carbonyl (C=O) groups excluding carboxylic acids is 1. The first-order valence-corrected chi connectivity index (χ1v) is 16.7. The molecule has 268 valence electrons. The first kappa shape index (κ1) is 36.4. The second kappa shape index (κ2) is 14.0. The number of aliphatic hydroxyl groups excluding tert-OH is 8. The smallest absolute Gasteiger partial charge is 0.253 e. The molecule has 3 saturated heterocycles. The van der Waals surface area contributed by atoms with Gasteiger partial charge in [0.15, 0.2) is 0 Å². The normalized spacial score (nSPS) is 33.1. The van der Waals surface area contributed by atoms with E-state index in [0.29, 0.717) is 37.1 Å². The van der Waals surface area contributed by atoms with Gasteiger partial charge in [0.05, 0.1) is 13.2 Å². The number of benzene rings is 2. The Morgan fingerprint density at radius 3 is 1.54 bits per heavy atom. The highest BCUT2D eigenvalue weighted by molar-refractivity contribution is 5.85. The predicted molar refractivity (Wildman–Crippen MR) is 176 cm³/mol. The minimum Gasteiger partial charge on any atom is -0.394 e. The molecule has 13 nitrogen and oxygen atoms in total. The molecule has 0 saturated carbocycles. The van der Waals surface area contributed by atoms with E-state index >= 15 is 0 Å². The van der Waals surface area contributed by atoms with Crippen molar-refractivity contribution in [3.8, 4) is 34.8 Å². The number of carbonyl (C=O) groups is 1.